The Morgan fingerprint density at radius 2 is 2.15 bits per heavy atom. The molecule has 3 rings (SSSR count). The van der Waals surface area contributed by atoms with Gasteiger partial charge in [0.1, 0.15) is 23.7 Å². The van der Waals surface area contributed by atoms with Gasteiger partial charge < -0.3 is 24.1 Å². The summed E-state index contributed by atoms with van der Waals surface area (Å²) in [6.07, 6.45) is -7.58. The largest absolute Gasteiger partial charge is 0.493 e. The average molecular weight is 375 g/mol. The number of amides is 1. The van der Waals surface area contributed by atoms with Crippen molar-refractivity contribution in [3.8, 4) is 5.75 Å². The molecule has 10 heteroatoms. The van der Waals surface area contributed by atoms with Gasteiger partial charge in [0.2, 0.25) is 0 Å². The number of halogens is 3. The van der Waals surface area contributed by atoms with Crippen molar-refractivity contribution in [2.75, 3.05) is 24.7 Å². The third-order valence-electron chi connectivity index (χ3n) is 3.93. The number of fused-ring (bicyclic) bond motifs is 1. The number of alkyl halides is 3. The number of aliphatic hydroxyl groups is 2. The summed E-state index contributed by atoms with van der Waals surface area (Å²) in [5, 5.41) is 18.6. The molecular weight excluding hydrogens is 359 g/mol. The maximum Gasteiger partial charge on any atom is 0.414 e. The average Bonchev–Trinajstić information content (AvgIpc) is 3.16. The first-order valence-electron chi connectivity index (χ1n) is 7.77. The second-order valence-electron chi connectivity index (χ2n) is 5.77. The van der Waals surface area contributed by atoms with E-state index in [-0.39, 0.29) is 25.5 Å². The number of nitrogens with zero attached hydrogens (tertiary/aromatic N) is 1. The molecule has 7 nitrogen and oxygen atoms in total. The molecule has 1 aromatic carbocycles. The molecule has 2 N–H and O–H groups in total. The molecular formula is C16H16F3NO6. The van der Waals surface area contributed by atoms with Crippen LogP contribution in [0, 0.1) is 0 Å². The summed E-state index contributed by atoms with van der Waals surface area (Å²) in [4.78, 5) is 13.2. The van der Waals surface area contributed by atoms with Crippen LogP contribution in [0.2, 0.25) is 0 Å². The Hall–Kier alpha value is -2.46. The van der Waals surface area contributed by atoms with E-state index in [1.807, 2.05) is 0 Å². The van der Waals surface area contributed by atoms with Crippen LogP contribution in [0.25, 0.3) is 11.0 Å². The number of benzene rings is 1. The zero-order valence-electron chi connectivity index (χ0n) is 13.4. The second kappa shape index (κ2) is 7.04. The van der Waals surface area contributed by atoms with Gasteiger partial charge in [0, 0.05) is 17.9 Å². The Labute approximate surface area is 145 Å². The maximum absolute atomic E-state index is 12.2. The number of hydrogen-bond acceptors (Lipinski definition) is 6. The summed E-state index contributed by atoms with van der Waals surface area (Å²) in [7, 11) is 0. The van der Waals surface area contributed by atoms with E-state index >= 15 is 0 Å². The number of rotatable bonds is 6. The number of cyclic esters (lactones) is 1. The van der Waals surface area contributed by atoms with Crippen molar-refractivity contribution in [1.29, 1.82) is 0 Å². The van der Waals surface area contributed by atoms with Crippen molar-refractivity contribution in [2.24, 2.45) is 0 Å². The minimum atomic E-state index is -4.68. The molecule has 26 heavy (non-hydrogen) atoms. The van der Waals surface area contributed by atoms with Crippen LogP contribution in [0.4, 0.5) is 23.7 Å². The van der Waals surface area contributed by atoms with Gasteiger partial charge in [0.15, 0.2) is 6.10 Å². The molecule has 142 valence electrons. The summed E-state index contributed by atoms with van der Waals surface area (Å²) >= 11 is 0. The number of carbonyl (C=O) groups excluding carboxylic acids is 1. The third-order valence-corrected chi connectivity index (χ3v) is 3.93. The Balaban J connectivity index is 1.69. The molecule has 1 fully saturated rings. The fourth-order valence-electron chi connectivity index (χ4n) is 2.56. The van der Waals surface area contributed by atoms with Gasteiger partial charge in [-0.25, -0.2) is 4.79 Å². The van der Waals surface area contributed by atoms with Gasteiger partial charge in [-0.3, -0.25) is 4.90 Å². The smallest absolute Gasteiger partial charge is 0.414 e. The zero-order valence-corrected chi connectivity index (χ0v) is 13.4. The van der Waals surface area contributed by atoms with E-state index < -0.39 is 30.9 Å². The predicted molar refractivity (Wildman–Crippen MR) is 83.1 cm³/mol. The summed E-state index contributed by atoms with van der Waals surface area (Å²) in [5.74, 6) is 0.269. The van der Waals surface area contributed by atoms with E-state index in [9.17, 15) is 18.0 Å². The lowest BCUT2D eigenvalue weighted by atomic mass is 10.2. The summed E-state index contributed by atoms with van der Waals surface area (Å²) < 4.78 is 52.3. The van der Waals surface area contributed by atoms with E-state index in [2.05, 4.69) is 0 Å². The highest BCUT2D eigenvalue weighted by atomic mass is 19.4. The molecule has 2 aromatic rings. The van der Waals surface area contributed by atoms with Crippen molar-refractivity contribution in [2.45, 2.75) is 24.8 Å². The van der Waals surface area contributed by atoms with Gasteiger partial charge in [-0.1, -0.05) is 0 Å². The molecule has 1 saturated heterocycles. The molecule has 0 aliphatic carbocycles. The van der Waals surface area contributed by atoms with E-state index in [1.54, 1.807) is 6.07 Å². The van der Waals surface area contributed by atoms with Crippen molar-refractivity contribution < 1.29 is 42.1 Å². The fourth-order valence-corrected chi connectivity index (χ4v) is 2.56. The van der Waals surface area contributed by atoms with E-state index in [0.717, 1.165) is 0 Å². The Morgan fingerprint density at radius 3 is 2.81 bits per heavy atom. The summed E-state index contributed by atoms with van der Waals surface area (Å²) in [6, 6.07) is 4.60. The summed E-state index contributed by atoms with van der Waals surface area (Å²) in [5.41, 5.74) is 0.828. The lowest BCUT2D eigenvalue weighted by Gasteiger charge is -2.14. The standard InChI is InChI=1S/C16H16F3NO6/c17-16(18,19)14(22)3-4-24-9-1-2-11-12(8-25-13(11)5-9)20-6-10(7-21)26-15(20)23/h1-2,5,8,10,14,21-22H,3-4,6-7H2. The quantitative estimate of drug-likeness (QED) is 0.806. The molecule has 1 aromatic heterocycles. The van der Waals surface area contributed by atoms with Crippen LogP contribution in [0.3, 0.4) is 0 Å². The van der Waals surface area contributed by atoms with E-state index in [4.69, 9.17) is 24.1 Å². The van der Waals surface area contributed by atoms with Gasteiger partial charge in [0.05, 0.1) is 25.4 Å². The van der Waals surface area contributed by atoms with Crippen LogP contribution in [0.5, 0.6) is 5.75 Å². The Bertz CT molecular complexity index is 790. The molecule has 1 aliphatic rings. The minimum Gasteiger partial charge on any atom is -0.493 e. The fraction of sp³-hybridized carbons (Fsp3) is 0.438. The first kappa shape index (κ1) is 18.3. The van der Waals surface area contributed by atoms with Crippen LogP contribution < -0.4 is 9.64 Å². The lowest BCUT2D eigenvalue weighted by molar-refractivity contribution is -0.206. The normalized spacial score (nSPS) is 19.0. The molecule has 1 amide bonds. The SMILES string of the molecule is O=C1OC(CO)CN1c1coc2cc(OCCC(O)C(F)(F)F)ccc12. The van der Waals surface area contributed by atoms with E-state index in [0.29, 0.717) is 16.7 Å². The number of aliphatic hydroxyl groups excluding tert-OH is 2. The van der Waals surface area contributed by atoms with Gasteiger partial charge in [-0.2, -0.15) is 13.2 Å². The number of ether oxygens (including phenoxy) is 2. The van der Waals surface area contributed by atoms with Crippen molar-refractivity contribution in [3.05, 3.63) is 24.5 Å². The summed E-state index contributed by atoms with van der Waals surface area (Å²) in [6.45, 7) is -0.437. The van der Waals surface area contributed by atoms with Gasteiger partial charge in [0.25, 0.3) is 0 Å². The zero-order chi connectivity index (χ0) is 18.9. The van der Waals surface area contributed by atoms with Crippen molar-refractivity contribution in [3.63, 3.8) is 0 Å². The van der Waals surface area contributed by atoms with Gasteiger partial charge in [-0.15, -0.1) is 0 Å². The van der Waals surface area contributed by atoms with Crippen LogP contribution >= 0.6 is 0 Å². The highest BCUT2D eigenvalue weighted by Gasteiger charge is 2.37. The number of furan rings is 1. The molecule has 0 bridgehead atoms. The topological polar surface area (TPSA) is 92.4 Å². The highest BCUT2D eigenvalue weighted by Crippen LogP contribution is 2.34. The first-order valence-corrected chi connectivity index (χ1v) is 7.77. The van der Waals surface area contributed by atoms with Gasteiger partial charge in [-0.05, 0) is 12.1 Å². The molecule has 1 aliphatic heterocycles. The molecule has 2 heterocycles. The van der Waals surface area contributed by atoms with Crippen molar-refractivity contribution >= 4 is 22.7 Å². The maximum atomic E-state index is 12.2. The number of carbonyl (C=O) groups is 1. The Morgan fingerprint density at radius 1 is 1.38 bits per heavy atom. The monoisotopic (exact) mass is 375 g/mol. The lowest BCUT2D eigenvalue weighted by Crippen LogP contribution is -2.30. The molecule has 0 spiro atoms. The third kappa shape index (κ3) is 3.70. The van der Waals surface area contributed by atoms with Crippen LogP contribution in [-0.2, 0) is 4.74 Å². The highest BCUT2D eigenvalue weighted by molar-refractivity contribution is 6.01. The number of anilines is 1. The van der Waals surface area contributed by atoms with Crippen molar-refractivity contribution in [1.82, 2.24) is 0 Å². The predicted octanol–water partition coefficient (Wildman–Crippen LogP) is 2.44. The van der Waals surface area contributed by atoms with Crippen LogP contribution in [-0.4, -0.2) is 54.4 Å². The molecule has 0 saturated carbocycles. The minimum absolute atomic E-state index is 0.178. The molecule has 0 radical (unpaired) electrons. The van der Waals surface area contributed by atoms with E-state index in [1.165, 1.54) is 23.3 Å². The molecule has 2 atom stereocenters. The van der Waals surface area contributed by atoms with Crippen LogP contribution in [0.1, 0.15) is 6.42 Å². The Kier molecular flexibility index (Phi) is 4.97. The van der Waals surface area contributed by atoms with Gasteiger partial charge >= 0.3 is 12.3 Å². The van der Waals surface area contributed by atoms with Crippen LogP contribution in [0.15, 0.2) is 28.9 Å². The first-order chi connectivity index (χ1) is 12.3. The molecule has 2 unspecified atom stereocenters. The number of hydrogen-bond donors (Lipinski definition) is 2. The second-order valence-corrected chi connectivity index (χ2v) is 5.77.